The number of hydrogen-bond donors (Lipinski definition) is 2. The van der Waals surface area contributed by atoms with Crippen molar-refractivity contribution in [1.82, 2.24) is 20.4 Å². The molecule has 6 heteroatoms. The highest BCUT2D eigenvalue weighted by Crippen LogP contribution is 2.17. The third-order valence-corrected chi connectivity index (χ3v) is 4.12. The monoisotopic (exact) mass is 306 g/mol. The van der Waals surface area contributed by atoms with E-state index in [1.807, 2.05) is 13.8 Å². The summed E-state index contributed by atoms with van der Waals surface area (Å²) in [6, 6.07) is 0.321. The first-order valence-corrected chi connectivity index (χ1v) is 8.21. The molecule has 2 amide bonds. The lowest BCUT2D eigenvalue weighted by Crippen LogP contribution is -2.38. The van der Waals surface area contributed by atoms with Crippen LogP contribution in [0.4, 0.5) is 0 Å². The maximum atomic E-state index is 12.1. The van der Waals surface area contributed by atoms with Gasteiger partial charge in [-0.25, -0.2) is 0 Å². The summed E-state index contributed by atoms with van der Waals surface area (Å²) in [4.78, 5) is 23.9. The van der Waals surface area contributed by atoms with Crippen LogP contribution in [0.15, 0.2) is 6.20 Å². The number of nitrogens with one attached hydrogen (secondary N) is 2. The van der Waals surface area contributed by atoms with E-state index in [4.69, 9.17) is 0 Å². The molecule has 0 radical (unpaired) electrons. The SMILES string of the molecule is CCn1cc(C(=O)NCCC(=O)NC2CCCCC2)c(C)n1. The van der Waals surface area contributed by atoms with Crippen LogP contribution in [0.1, 0.15) is 61.5 Å². The molecule has 0 spiro atoms. The van der Waals surface area contributed by atoms with Gasteiger partial charge in [-0.05, 0) is 26.7 Å². The van der Waals surface area contributed by atoms with Crippen LogP contribution in [0.25, 0.3) is 0 Å². The van der Waals surface area contributed by atoms with E-state index in [9.17, 15) is 9.59 Å². The number of rotatable bonds is 6. The van der Waals surface area contributed by atoms with E-state index in [0.717, 1.165) is 19.4 Å². The first kappa shape index (κ1) is 16.5. The van der Waals surface area contributed by atoms with Crippen molar-refractivity contribution in [2.45, 2.75) is 65.0 Å². The highest BCUT2D eigenvalue weighted by atomic mass is 16.2. The van der Waals surface area contributed by atoms with Crippen LogP contribution in [0.5, 0.6) is 0 Å². The minimum atomic E-state index is -0.164. The van der Waals surface area contributed by atoms with Crippen molar-refractivity contribution < 1.29 is 9.59 Å². The summed E-state index contributed by atoms with van der Waals surface area (Å²) in [6.07, 6.45) is 7.88. The van der Waals surface area contributed by atoms with Crippen LogP contribution < -0.4 is 10.6 Å². The molecule has 1 aromatic heterocycles. The van der Waals surface area contributed by atoms with Gasteiger partial charge in [0.25, 0.3) is 5.91 Å². The average molecular weight is 306 g/mol. The molecule has 0 bridgehead atoms. The molecule has 122 valence electrons. The second-order valence-corrected chi connectivity index (χ2v) is 5.89. The number of carbonyl (C=O) groups is 2. The summed E-state index contributed by atoms with van der Waals surface area (Å²) in [6.45, 7) is 4.88. The Balaban J connectivity index is 1.71. The van der Waals surface area contributed by atoms with Crippen molar-refractivity contribution in [1.29, 1.82) is 0 Å². The Morgan fingerprint density at radius 1 is 1.32 bits per heavy atom. The van der Waals surface area contributed by atoms with Gasteiger partial charge in [0.1, 0.15) is 0 Å². The van der Waals surface area contributed by atoms with E-state index in [2.05, 4.69) is 15.7 Å². The Morgan fingerprint density at radius 3 is 2.68 bits per heavy atom. The van der Waals surface area contributed by atoms with Gasteiger partial charge < -0.3 is 10.6 Å². The number of carbonyl (C=O) groups excluding carboxylic acids is 2. The molecule has 22 heavy (non-hydrogen) atoms. The molecule has 1 fully saturated rings. The van der Waals surface area contributed by atoms with Gasteiger partial charge in [-0.1, -0.05) is 19.3 Å². The topological polar surface area (TPSA) is 76.0 Å². The molecule has 1 aliphatic carbocycles. The van der Waals surface area contributed by atoms with Crippen LogP contribution in [0, 0.1) is 6.92 Å². The molecule has 6 nitrogen and oxygen atoms in total. The van der Waals surface area contributed by atoms with Gasteiger partial charge in [0.05, 0.1) is 11.3 Å². The summed E-state index contributed by atoms with van der Waals surface area (Å²) in [7, 11) is 0. The van der Waals surface area contributed by atoms with E-state index in [1.165, 1.54) is 19.3 Å². The predicted molar refractivity (Wildman–Crippen MR) is 84.6 cm³/mol. The zero-order chi connectivity index (χ0) is 15.9. The molecular weight excluding hydrogens is 280 g/mol. The van der Waals surface area contributed by atoms with Crippen LogP contribution in [-0.2, 0) is 11.3 Å². The summed E-state index contributed by atoms with van der Waals surface area (Å²) in [5.74, 6) is -0.143. The zero-order valence-corrected chi connectivity index (χ0v) is 13.5. The lowest BCUT2D eigenvalue weighted by molar-refractivity contribution is -0.121. The third kappa shape index (κ3) is 4.58. The molecule has 1 saturated carbocycles. The minimum Gasteiger partial charge on any atom is -0.353 e. The fourth-order valence-corrected chi connectivity index (χ4v) is 2.83. The molecule has 0 saturated heterocycles. The maximum Gasteiger partial charge on any atom is 0.254 e. The summed E-state index contributed by atoms with van der Waals surface area (Å²) in [5, 5.41) is 10.1. The molecule has 0 aliphatic heterocycles. The molecule has 1 heterocycles. The van der Waals surface area contributed by atoms with E-state index in [-0.39, 0.29) is 11.8 Å². The van der Waals surface area contributed by atoms with Crippen molar-refractivity contribution >= 4 is 11.8 Å². The van der Waals surface area contributed by atoms with Gasteiger partial charge in [-0.2, -0.15) is 5.10 Å². The van der Waals surface area contributed by atoms with Crippen LogP contribution in [-0.4, -0.2) is 34.2 Å². The summed E-state index contributed by atoms with van der Waals surface area (Å²) in [5.41, 5.74) is 1.29. The molecule has 0 aromatic carbocycles. The van der Waals surface area contributed by atoms with Crippen molar-refractivity contribution in [2.24, 2.45) is 0 Å². The van der Waals surface area contributed by atoms with E-state index in [0.29, 0.717) is 30.3 Å². The Kier molecular flexibility index (Phi) is 5.98. The number of aromatic nitrogens is 2. The molecular formula is C16H26N4O2. The Bertz CT molecular complexity index is 518. The normalized spacial score (nSPS) is 15.5. The molecule has 1 aliphatic rings. The number of amides is 2. The quantitative estimate of drug-likeness (QED) is 0.841. The molecule has 2 rings (SSSR count). The van der Waals surface area contributed by atoms with Crippen molar-refractivity contribution in [3.8, 4) is 0 Å². The highest BCUT2D eigenvalue weighted by Gasteiger charge is 2.16. The second kappa shape index (κ2) is 7.96. The number of nitrogens with zero attached hydrogens (tertiary/aromatic N) is 2. The fraction of sp³-hybridized carbons (Fsp3) is 0.688. The highest BCUT2D eigenvalue weighted by molar-refractivity contribution is 5.95. The maximum absolute atomic E-state index is 12.1. The van der Waals surface area contributed by atoms with Crippen molar-refractivity contribution in [2.75, 3.05) is 6.54 Å². The van der Waals surface area contributed by atoms with Crippen LogP contribution in [0.3, 0.4) is 0 Å². The predicted octanol–water partition coefficient (Wildman–Crippen LogP) is 1.78. The van der Waals surface area contributed by atoms with Crippen molar-refractivity contribution in [3.63, 3.8) is 0 Å². The fourth-order valence-electron chi connectivity index (χ4n) is 2.83. The lowest BCUT2D eigenvalue weighted by Gasteiger charge is -2.22. The summed E-state index contributed by atoms with van der Waals surface area (Å²) < 4.78 is 1.74. The van der Waals surface area contributed by atoms with E-state index < -0.39 is 0 Å². The molecule has 1 aromatic rings. The van der Waals surface area contributed by atoms with Crippen LogP contribution >= 0.6 is 0 Å². The number of aryl methyl sites for hydroxylation is 2. The minimum absolute atomic E-state index is 0.0215. The first-order chi connectivity index (χ1) is 10.6. The van der Waals surface area contributed by atoms with Gasteiger partial charge in [0.2, 0.25) is 5.91 Å². The lowest BCUT2D eigenvalue weighted by atomic mass is 9.95. The summed E-state index contributed by atoms with van der Waals surface area (Å²) >= 11 is 0. The standard InChI is InChI=1S/C16H26N4O2/c1-3-20-11-14(12(2)19-20)16(22)17-10-9-15(21)18-13-7-5-4-6-8-13/h11,13H,3-10H2,1-2H3,(H,17,22)(H,18,21). The zero-order valence-electron chi connectivity index (χ0n) is 13.5. The molecule has 2 N–H and O–H groups in total. The average Bonchev–Trinajstić information content (AvgIpc) is 2.89. The number of hydrogen-bond acceptors (Lipinski definition) is 3. The van der Waals surface area contributed by atoms with E-state index in [1.54, 1.807) is 10.9 Å². The Morgan fingerprint density at radius 2 is 2.05 bits per heavy atom. The Labute approximate surface area is 131 Å². The largest absolute Gasteiger partial charge is 0.353 e. The van der Waals surface area contributed by atoms with Gasteiger partial charge in [0.15, 0.2) is 0 Å². The van der Waals surface area contributed by atoms with E-state index >= 15 is 0 Å². The first-order valence-electron chi connectivity index (χ1n) is 8.21. The van der Waals surface area contributed by atoms with Gasteiger partial charge in [0, 0.05) is 31.7 Å². The van der Waals surface area contributed by atoms with Gasteiger partial charge >= 0.3 is 0 Å². The van der Waals surface area contributed by atoms with Gasteiger partial charge in [-0.15, -0.1) is 0 Å². The third-order valence-electron chi connectivity index (χ3n) is 4.12. The molecule has 0 atom stereocenters. The second-order valence-electron chi connectivity index (χ2n) is 5.89. The van der Waals surface area contributed by atoms with Crippen molar-refractivity contribution in [3.05, 3.63) is 17.5 Å². The van der Waals surface area contributed by atoms with Gasteiger partial charge in [-0.3, -0.25) is 14.3 Å². The smallest absolute Gasteiger partial charge is 0.254 e. The Hall–Kier alpha value is -1.85. The van der Waals surface area contributed by atoms with Crippen LogP contribution in [0.2, 0.25) is 0 Å². The molecule has 0 unspecified atom stereocenters.